The summed E-state index contributed by atoms with van der Waals surface area (Å²) in [4.78, 5) is 12.7. The molecule has 0 unspecified atom stereocenters. The van der Waals surface area contributed by atoms with Crippen LogP contribution >= 0.6 is 23.4 Å². The number of rotatable bonds is 10. The van der Waals surface area contributed by atoms with Crippen molar-refractivity contribution >= 4 is 35.0 Å². The minimum absolute atomic E-state index is 0.0503. The van der Waals surface area contributed by atoms with Crippen molar-refractivity contribution in [2.45, 2.75) is 58.8 Å². The number of hydrogen-bond donors (Lipinski definition) is 1. The molecule has 170 valence electrons. The molecule has 0 radical (unpaired) electrons. The van der Waals surface area contributed by atoms with E-state index in [0.29, 0.717) is 29.2 Å². The number of aromatic nitrogens is 3. The van der Waals surface area contributed by atoms with Gasteiger partial charge in [-0.2, -0.15) is 0 Å². The minimum atomic E-state index is -0.0503. The zero-order chi connectivity index (χ0) is 23.1. The first-order valence-electron chi connectivity index (χ1n) is 10.8. The summed E-state index contributed by atoms with van der Waals surface area (Å²) < 4.78 is 7.84. The fourth-order valence-corrected chi connectivity index (χ4v) is 4.35. The van der Waals surface area contributed by atoms with E-state index in [-0.39, 0.29) is 11.7 Å². The third kappa shape index (κ3) is 5.84. The molecule has 0 spiro atoms. The number of halogens is 1. The van der Waals surface area contributed by atoms with Crippen LogP contribution in [0.25, 0.3) is 0 Å². The van der Waals surface area contributed by atoms with Gasteiger partial charge in [-0.1, -0.05) is 55.4 Å². The highest BCUT2D eigenvalue weighted by molar-refractivity contribution is 7.99. The van der Waals surface area contributed by atoms with Crippen molar-refractivity contribution < 1.29 is 9.53 Å². The molecule has 6 nitrogen and oxygen atoms in total. The van der Waals surface area contributed by atoms with Crippen molar-refractivity contribution in [3.63, 3.8) is 0 Å². The first kappa shape index (κ1) is 24.1. The Balaban J connectivity index is 1.63. The van der Waals surface area contributed by atoms with Crippen LogP contribution in [-0.2, 0) is 30.8 Å². The highest BCUT2D eigenvalue weighted by Gasteiger charge is 2.15. The number of carbonyl (C=O) groups excluding carboxylic acids is 1. The molecule has 1 N–H and O–H groups in total. The Morgan fingerprint density at radius 2 is 1.84 bits per heavy atom. The van der Waals surface area contributed by atoms with Crippen molar-refractivity contribution in [2.75, 3.05) is 11.1 Å². The summed E-state index contributed by atoms with van der Waals surface area (Å²) in [7, 11) is 0. The number of hydrogen-bond acceptors (Lipinski definition) is 5. The van der Waals surface area contributed by atoms with E-state index in [4.69, 9.17) is 16.3 Å². The van der Waals surface area contributed by atoms with Gasteiger partial charge in [-0.05, 0) is 61.6 Å². The summed E-state index contributed by atoms with van der Waals surface area (Å²) in [5.74, 6) is 1.65. The number of aryl methyl sites for hydroxylation is 3. The van der Waals surface area contributed by atoms with Gasteiger partial charge in [0.15, 0.2) is 11.0 Å². The lowest BCUT2D eigenvalue weighted by atomic mass is 10.0. The Kier molecular flexibility index (Phi) is 8.59. The van der Waals surface area contributed by atoms with Gasteiger partial charge in [0.1, 0.15) is 12.4 Å². The standard InChI is InChI=1S/C24H29ClN4O2S/c1-5-17-9-8-10-18(6-2)23(17)26-22(30)15-32-24-28-27-21(29(24)7-3)14-31-19-11-12-20(25)16(4)13-19/h8-13H,5-7,14-15H2,1-4H3,(H,26,30). The smallest absolute Gasteiger partial charge is 0.234 e. The molecule has 0 bridgehead atoms. The van der Waals surface area contributed by atoms with Gasteiger partial charge in [0, 0.05) is 17.3 Å². The summed E-state index contributed by atoms with van der Waals surface area (Å²) in [6.07, 6.45) is 1.74. The van der Waals surface area contributed by atoms with Gasteiger partial charge >= 0.3 is 0 Å². The van der Waals surface area contributed by atoms with E-state index in [0.717, 1.165) is 41.0 Å². The summed E-state index contributed by atoms with van der Waals surface area (Å²) in [5.41, 5.74) is 4.19. The average Bonchev–Trinajstić information content (AvgIpc) is 3.20. The van der Waals surface area contributed by atoms with E-state index in [2.05, 4.69) is 41.5 Å². The number of carbonyl (C=O) groups is 1. The third-order valence-corrected chi connectivity index (χ3v) is 6.59. The molecule has 8 heteroatoms. The van der Waals surface area contributed by atoms with E-state index in [1.165, 1.54) is 11.8 Å². The van der Waals surface area contributed by atoms with E-state index in [1.54, 1.807) is 0 Å². The van der Waals surface area contributed by atoms with Gasteiger partial charge in [-0.25, -0.2) is 0 Å². The number of amides is 1. The molecular weight excluding hydrogens is 444 g/mol. The normalized spacial score (nSPS) is 10.9. The molecule has 3 aromatic rings. The maximum Gasteiger partial charge on any atom is 0.234 e. The van der Waals surface area contributed by atoms with Crippen LogP contribution in [0.5, 0.6) is 5.75 Å². The topological polar surface area (TPSA) is 69.0 Å². The number of anilines is 1. The second-order valence-electron chi connectivity index (χ2n) is 7.34. The number of ether oxygens (including phenoxy) is 1. The summed E-state index contributed by atoms with van der Waals surface area (Å²) in [6.45, 7) is 9.13. The van der Waals surface area contributed by atoms with Crippen LogP contribution < -0.4 is 10.1 Å². The third-order valence-electron chi connectivity index (χ3n) is 5.20. The number of nitrogens with one attached hydrogen (secondary N) is 1. The van der Waals surface area contributed by atoms with Crippen molar-refractivity contribution in [3.05, 3.63) is 63.9 Å². The molecule has 0 fully saturated rings. The molecule has 0 aliphatic carbocycles. The van der Waals surface area contributed by atoms with Crippen molar-refractivity contribution in [3.8, 4) is 5.75 Å². The highest BCUT2D eigenvalue weighted by atomic mass is 35.5. The number of benzene rings is 2. The van der Waals surface area contributed by atoms with Gasteiger partial charge < -0.3 is 14.6 Å². The van der Waals surface area contributed by atoms with E-state index >= 15 is 0 Å². The fourth-order valence-electron chi connectivity index (χ4n) is 3.41. The zero-order valence-corrected chi connectivity index (χ0v) is 20.5. The molecule has 1 amide bonds. The Labute approximate surface area is 198 Å². The predicted octanol–water partition coefficient (Wildman–Crippen LogP) is 5.69. The van der Waals surface area contributed by atoms with Crippen LogP contribution in [0.3, 0.4) is 0 Å². The van der Waals surface area contributed by atoms with Crippen LogP contribution in [0.4, 0.5) is 5.69 Å². The molecule has 0 saturated heterocycles. The Hall–Kier alpha value is -2.51. The average molecular weight is 473 g/mol. The number of thioether (sulfide) groups is 1. The van der Waals surface area contributed by atoms with Crippen molar-refractivity contribution in [1.29, 1.82) is 0 Å². The number of para-hydroxylation sites is 1. The van der Waals surface area contributed by atoms with Crippen LogP contribution in [0.2, 0.25) is 5.02 Å². The molecule has 32 heavy (non-hydrogen) atoms. The zero-order valence-electron chi connectivity index (χ0n) is 18.9. The molecule has 0 saturated carbocycles. The first-order valence-corrected chi connectivity index (χ1v) is 12.2. The largest absolute Gasteiger partial charge is 0.486 e. The Morgan fingerprint density at radius 3 is 2.47 bits per heavy atom. The lowest BCUT2D eigenvalue weighted by Gasteiger charge is -2.14. The molecule has 1 heterocycles. The molecule has 3 rings (SSSR count). The fraction of sp³-hybridized carbons (Fsp3) is 0.375. The van der Waals surface area contributed by atoms with Crippen LogP contribution in [-0.4, -0.2) is 26.4 Å². The molecule has 0 aliphatic heterocycles. The second kappa shape index (κ2) is 11.4. The van der Waals surface area contributed by atoms with Gasteiger partial charge in [-0.15, -0.1) is 10.2 Å². The predicted molar refractivity (Wildman–Crippen MR) is 131 cm³/mol. The molecule has 0 aliphatic rings. The lowest BCUT2D eigenvalue weighted by Crippen LogP contribution is -2.17. The van der Waals surface area contributed by atoms with Crippen molar-refractivity contribution in [2.24, 2.45) is 0 Å². The highest BCUT2D eigenvalue weighted by Crippen LogP contribution is 2.25. The second-order valence-corrected chi connectivity index (χ2v) is 8.69. The monoisotopic (exact) mass is 472 g/mol. The molecule has 1 aromatic heterocycles. The van der Waals surface area contributed by atoms with Gasteiger partial charge in [0.25, 0.3) is 0 Å². The van der Waals surface area contributed by atoms with E-state index < -0.39 is 0 Å². The number of nitrogens with zero attached hydrogens (tertiary/aromatic N) is 3. The maximum atomic E-state index is 12.7. The Bertz CT molecular complexity index is 1060. The summed E-state index contributed by atoms with van der Waals surface area (Å²) in [5, 5.41) is 13.0. The molecule has 0 atom stereocenters. The van der Waals surface area contributed by atoms with Gasteiger partial charge in [0.2, 0.25) is 5.91 Å². The van der Waals surface area contributed by atoms with Crippen LogP contribution in [0.15, 0.2) is 41.6 Å². The van der Waals surface area contributed by atoms with Crippen LogP contribution in [0.1, 0.15) is 43.3 Å². The maximum absolute atomic E-state index is 12.7. The lowest BCUT2D eigenvalue weighted by molar-refractivity contribution is -0.113. The first-order chi connectivity index (χ1) is 15.5. The molecular formula is C24H29ClN4O2S. The Morgan fingerprint density at radius 1 is 1.12 bits per heavy atom. The van der Waals surface area contributed by atoms with Gasteiger partial charge in [-0.3, -0.25) is 4.79 Å². The van der Waals surface area contributed by atoms with Gasteiger partial charge in [0.05, 0.1) is 5.75 Å². The summed E-state index contributed by atoms with van der Waals surface area (Å²) >= 11 is 7.45. The van der Waals surface area contributed by atoms with E-state index in [1.807, 2.05) is 42.7 Å². The molecule has 2 aromatic carbocycles. The minimum Gasteiger partial charge on any atom is -0.486 e. The van der Waals surface area contributed by atoms with E-state index in [9.17, 15) is 4.79 Å². The van der Waals surface area contributed by atoms with Crippen molar-refractivity contribution in [1.82, 2.24) is 14.8 Å². The SMILES string of the molecule is CCc1cccc(CC)c1NC(=O)CSc1nnc(COc2ccc(Cl)c(C)c2)n1CC. The summed E-state index contributed by atoms with van der Waals surface area (Å²) in [6, 6.07) is 11.7. The van der Waals surface area contributed by atoms with Crippen LogP contribution in [0, 0.1) is 6.92 Å². The quantitative estimate of drug-likeness (QED) is 0.383.